The fraction of sp³-hybridized carbons (Fsp3) is 0.667. The number of hydrogen-bond donors (Lipinski definition) is 1. The molecule has 4 atom stereocenters. The summed E-state index contributed by atoms with van der Waals surface area (Å²) in [6.07, 6.45) is 2.70. The predicted molar refractivity (Wildman–Crippen MR) is 59.8 cm³/mol. The Morgan fingerprint density at radius 1 is 1.11 bits per heavy atom. The van der Waals surface area contributed by atoms with E-state index in [1.54, 1.807) is 17.1 Å². The fourth-order valence-electron chi connectivity index (χ4n) is 2.89. The second-order valence-corrected chi connectivity index (χ2v) is 4.78. The Morgan fingerprint density at radius 2 is 1.72 bits per heavy atom. The summed E-state index contributed by atoms with van der Waals surface area (Å²) < 4.78 is 10.7. The van der Waals surface area contributed by atoms with Crippen LogP contribution >= 0.6 is 0 Å². The molecule has 3 rings (SSSR count). The lowest BCUT2D eigenvalue weighted by Crippen LogP contribution is -2.48. The number of nitrogens with zero attached hydrogens (tertiary/aromatic N) is 1. The number of amides is 1. The Morgan fingerprint density at radius 3 is 2.33 bits per heavy atom. The van der Waals surface area contributed by atoms with E-state index in [1.165, 1.54) is 0 Å². The summed E-state index contributed by atoms with van der Waals surface area (Å²) in [6.45, 7) is 2.09. The molecule has 18 heavy (non-hydrogen) atoms. The number of carboxylic acids is 1. The van der Waals surface area contributed by atoms with Gasteiger partial charge in [-0.3, -0.25) is 9.59 Å². The van der Waals surface area contributed by atoms with Crippen LogP contribution in [0.4, 0.5) is 0 Å². The maximum absolute atomic E-state index is 12.4. The van der Waals surface area contributed by atoms with Gasteiger partial charge in [-0.15, -0.1) is 0 Å². The van der Waals surface area contributed by atoms with E-state index < -0.39 is 23.9 Å². The molecule has 1 amide bonds. The van der Waals surface area contributed by atoms with Crippen molar-refractivity contribution in [3.8, 4) is 0 Å². The number of carbonyl (C=O) groups is 2. The van der Waals surface area contributed by atoms with Crippen molar-refractivity contribution in [1.29, 1.82) is 0 Å². The zero-order valence-corrected chi connectivity index (χ0v) is 9.82. The van der Waals surface area contributed by atoms with Crippen molar-refractivity contribution >= 4 is 11.9 Å². The topological polar surface area (TPSA) is 76.1 Å². The van der Waals surface area contributed by atoms with E-state index in [0.29, 0.717) is 26.3 Å². The first-order chi connectivity index (χ1) is 8.68. The van der Waals surface area contributed by atoms with E-state index >= 15 is 0 Å². The monoisotopic (exact) mass is 253 g/mol. The standard InChI is InChI=1S/C12H15NO5/c14-11(13-3-5-17-6-4-13)9-7-1-2-8(18-7)10(9)12(15)16/h1-2,7-10H,3-6H2,(H,15,16)/t7-,8+,9+,10-/m1/s1. The molecule has 6 nitrogen and oxygen atoms in total. The number of carbonyl (C=O) groups excluding carboxylic acids is 1. The molecule has 2 bridgehead atoms. The van der Waals surface area contributed by atoms with Gasteiger partial charge in [0.05, 0.1) is 31.3 Å². The van der Waals surface area contributed by atoms with E-state index in [9.17, 15) is 14.7 Å². The summed E-state index contributed by atoms with van der Waals surface area (Å²) in [5.41, 5.74) is 0. The van der Waals surface area contributed by atoms with E-state index in [2.05, 4.69) is 0 Å². The summed E-state index contributed by atoms with van der Waals surface area (Å²) in [7, 11) is 0. The minimum Gasteiger partial charge on any atom is -0.481 e. The van der Waals surface area contributed by atoms with Crippen LogP contribution in [-0.4, -0.2) is 60.4 Å². The van der Waals surface area contributed by atoms with Crippen LogP contribution < -0.4 is 0 Å². The predicted octanol–water partition coefficient (Wildman–Crippen LogP) is -0.501. The molecule has 0 aromatic heterocycles. The second-order valence-electron chi connectivity index (χ2n) is 4.78. The molecule has 6 heteroatoms. The first kappa shape index (κ1) is 11.7. The van der Waals surface area contributed by atoms with Crippen molar-refractivity contribution in [3.63, 3.8) is 0 Å². The summed E-state index contributed by atoms with van der Waals surface area (Å²) >= 11 is 0. The van der Waals surface area contributed by atoms with Crippen molar-refractivity contribution in [2.45, 2.75) is 12.2 Å². The first-order valence-electron chi connectivity index (χ1n) is 6.11. The molecular weight excluding hydrogens is 238 g/mol. The average Bonchev–Trinajstić information content (AvgIpc) is 2.99. The van der Waals surface area contributed by atoms with Gasteiger partial charge in [-0.1, -0.05) is 12.2 Å². The molecule has 1 N–H and O–H groups in total. The molecule has 0 radical (unpaired) electrons. The van der Waals surface area contributed by atoms with Crippen LogP contribution in [0, 0.1) is 11.8 Å². The maximum atomic E-state index is 12.4. The largest absolute Gasteiger partial charge is 0.481 e. The van der Waals surface area contributed by atoms with Crippen LogP contribution in [0.3, 0.4) is 0 Å². The van der Waals surface area contributed by atoms with Gasteiger partial charge in [0.25, 0.3) is 0 Å². The van der Waals surface area contributed by atoms with E-state index in [4.69, 9.17) is 9.47 Å². The summed E-state index contributed by atoms with van der Waals surface area (Å²) in [4.78, 5) is 25.4. The maximum Gasteiger partial charge on any atom is 0.310 e. The zero-order chi connectivity index (χ0) is 12.7. The molecule has 2 fully saturated rings. The number of aliphatic carboxylic acids is 1. The van der Waals surface area contributed by atoms with Gasteiger partial charge < -0.3 is 19.5 Å². The average molecular weight is 253 g/mol. The van der Waals surface area contributed by atoms with E-state index in [1.807, 2.05) is 0 Å². The molecule has 0 aliphatic carbocycles. The number of hydrogen-bond acceptors (Lipinski definition) is 4. The number of rotatable bonds is 2. The summed E-state index contributed by atoms with van der Waals surface area (Å²) in [5, 5.41) is 9.24. The Bertz CT molecular complexity index is 401. The Kier molecular flexibility index (Phi) is 2.83. The molecular formula is C12H15NO5. The van der Waals surface area contributed by atoms with Gasteiger partial charge in [-0.25, -0.2) is 0 Å². The third kappa shape index (κ3) is 1.72. The Hall–Kier alpha value is -1.40. The highest BCUT2D eigenvalue weighted by atomic mass is 16.5. The lowest BCUT2D eigenvalue weighted by atomic mass is 9.82. The molecule has 98 valence electrons. The van der Waals surface area contributed by atoms with Gasteiger partial charge in [0.15, 0.2) is 0 Å². The summed E-state index contributed by atoms with van der Waals surface area (Å²) in [5.74, 6) is -2.42. The molecule has 3 heterocycles. The highest BCUT2D eigenvalue weighted by Gasteiger charge is 2.54. The Labute approximate surface area is 104 Å². The Balaban J connectivity index is 1.79. The minimum absolute atomic E-state index is 0.123. The lowest BCUT2D eigenvalue weighted by Gasteiger charge is -2.31. The molecule has 2 saturated heterocycles. The lowest BCUT2D eigenvalue weighted by molar-refractivity contribution is -0.151. The van der Waals surface area contributed by atoms with E-state index in [0.717, 1.165) is 0 Å². The first-order valence-corrected chi connectivity index (χ1v) is 6.11. The minimum atomic E-state index is -0.960. The quantitative estimate of drug-likeness (QED) is 0.671. The van der Waals surface area contributed by atoms with Crippen LogP contribution in [0.25, 0.3) is 0 Å². The number of carboxylic acid groups (broad SMARTS) is 1. The van der Waals surface area contributed by atoms with E-state index in [-0.39, 0.29) is 12.0 Å². The van der Waals surface area contributed by atoms with Crippen molar-refractivity contribution in [1.82, 2.24) is 4.90 Å². The molecule has 0 unspecified atom stereocenters. The molecule has 3 aliphatic heterocycles. The smallest absolute Gasteiger partial charge is 0.310 e. The second kappa shape index (κ2) is 4.37. The van der Waals surface area contributed by atoms with Crippen molar-refractivity contribution in [2.24, 2.45) is 11.8 Å². The van der Waals surface area contributed by atoms with Crippen LogP contribution in [-0.2, 0) is 19.1 Å². The van der Waals surface area contributed by atoms with Gasteiger partial charge in [-0.05, 0) is 0 Å². The SMILES string of the molecule is O=C(O)[C@H]1[C@@H](C(=O)N2CCOCC2)[C@H]2C=C[C@@H]1O2. The van der Waals surface area contributed by atoms with Crippen LogP contribution in [0.5, 0.6) is 0 Å². The number of fused-ring (bicyclic) bond motifs is 2. The van der Waals surface area contributed by atoms with Gasteiger partial charge in [0, 0.05) is 13.1 Å². The molecule has 0 aromatic carbocycles. The fourth-order valence-corrected chi connectivity index (χ4v) is 2.89. The van der Waals surface area contributed by atoms with Crippen LogP contribution in [0.15, 0.2) is 12.2 Å². The zero-order valence-electron chi connectivity index (χ0n) is 9.82. The molecule has 3 aliphatic rings. The molecule has 0 aromatic rings. The van der Waals surface area contributed by atoms with Gasteiger partial charge in [0.2, 0.25) is 5.91 Å². The third-order valence-electron chi connectivity index (χ3n) is 3.79. The normalized spacial score (nSPS) is 38.1. The third-order valence-corrected chi connectivity index (χ3v) is 3.79. The van der Waals surface area contributed by atoms with Crippen LogP contribution in [0.1, 0.15) is 0 Å². The van der Waals surface area contributed by atoms with Crippen molar-refractivity contribution in [2.75, 3.05) is 26.3 Å². The summed E-state index contributed by atoms with van der Waals surface area (Å²) in [6, 6.07) is 0. The number of ether oxygens (including phenoxy) is 2. The highest BCUT2D eigenvalue weighted by Crippen LogP contribution is 2.40. The van der Waals surface area contributed by atoms with Gasteiger partial charge in [-0.2, -0.15) is 0 Å². The highest BCUT2D eigenvalue weighted by molar-refractivity contribution is 5.87. The van der Waals surface area contributed by atoms with Gasteiger partial charge >= 0.3 is 5.97 Å². The van der Waals surface area contributed by atoms with Gasteiger partial charge in [0.1, 0.15) is 5.92 Å². The molecule has 0 spiro atoms. The van der Waals surface area contributed by atoms with Crippen molar-refractivity contribution < 1.29 is 24.2 Å². The number of morpholine rings is 1. The van der Waals surface area contributed by atoms with Crippen molar-refractivity contribution in [3.05, 3.63) is 12.2 Å². The molecule has 0 saturated carbocycles. The van der Waals surface area contributed by atoms with Crippen LogP contribution in [0.2, 0.25) is 0 Å².